The van der Waals surface area contributed by atoms with Crippen molar-refractivity contribution < 1.29 is 0 Å². The van der Waals surface area contributed by atoms with Crippen LogP contribution in [0.2, 0.25) is 10.3 Å². The molecule has 2 aromatic heterocycles. The number of hydrogen-bond acceptors (Lipinski definition) is 3. The first-order valence-electron chi connectivity index (χ1n) is 5.30. The predicted octanol–water partition coefficient (Wildman–Crippen LogP) is 3.33. The lowest BCUT2D eigenvalue weighted by Gasteiger charge is -2.06. The molecule has 0 spiro atoms. The third kappa shape index (κ3) is 2.93. The van der Waals surface area contributed by atoms with Crippen LogP contribution in [0.15, 0.2) is 24.5 Å². The van der Waals surface area contributed by atoms with E-state index in [9.17, 15) is 0 Å². The molecular formula is C12H11Cl2N3. The van der Waals surface area contributed by atoms with E-state index in [1.807, 2.05) is 19.1 Å². The minimum absolute atomic E-state index is 0.436. The first-order valence-corrected chi connectivity index (χ1v) is 6.06. The average molecular weight is 268 g/mol. The van der Waals surface area contributed by atoms with Gasteiger partial charge in [-0.3, -0.25) is 4.98 Å². The quantitative estimate of drug-likeness (QED) is 0.801. The van der Waals surface area contributed by atoms with Crippen LogP contribution in [0.1, 0.15) is 23.9 Å². The molecule has 0 saturated heterocycles. The van der Waals surface area contributed by atoms with E-state index in [0.29, 0.717) is 22.6 Å². The lowest BCUT2D eigenvalue weighted by molar-refractivity contribution is 0.932. The Bertz CT molecular complexity index is 491. The molecule has 17 heavy (non-hydrogen) atoms. The summed E-state index contributed by atoms with van der Waals surface area (Å²) in [5.74, 6) is 0.616. The van der Waals surface area contributed by atoms with Crippen molar-refractivity contribution in [3.8, 4) is 0 Å². The number of rotatable bonds is 3. The predicted molar refractivity (Wildman–Crippen MR) is 68.5 cm³/mol. The second-order valence-corrected chi connectivity index (χ2v) is 4.31. The summed E-state index contributed by atoms with van der Waals surface area (Å²) in [7, 11) is 0. The van der Waals surface area contributed by atoms with Crippen molar-refractivity contribution in [3.05, 3.63) is 51.8 Å². The maximum Gasteiger partial charge on any atom is 0.137 e. The summed E-state index contributed by atoms with van der Waals surface area (Å²) in [5.41, 5.74) is 1.83. The molecule has 3 nitrogen and oxygen atoms in total. The minimum atomic E-state index is 0.436. The summed E-state index contributed by atoms with van der Waals surface area (Å²) in [4.78, 5) is 12.5. The molecule has 5 heteroatoms. The summed E-state index contributed by atoms with van der Waals surface area (Å²) in [5, 5.41) is 0.873. The minimum Gasteiger partial charge on any atom is -0.264 e. The van der Waals surface area contributed by atoms with Crippen molar-refractivity contribution >= 4 is 23.2 Å². The average Bonchev–Trinajstić information content (AvgIpc) is 2.30. The second-order valence-electron chi connectivity index (χ2n) is 3.59. The summed E-state index contributed by atoms with van der Waals surface area (Å²) in [6.07, 6.45) is 4.81. The van der Waals surface area contributed by atoms with Gasteiger partial charge in [0.25, 0.3) is 0 Å². The van der Waals surface area contributed by atoms with Gasteiger partial charge in [0.2, 0.25) is 0 Å². The number of aromatic nitrogens is 3. The van der Waals surface area contributed by atoms with Gasteiger partial charge in [-0.05, 0) is 18.1 Å². The molecule has 0 saturated carbocycles. The van der Waals surface area contributed by atoms with Crippen LogP contribution in [-0.2, 0) is 12.8 Å². The molecular weight excluding hydrogens is 257 g/mol. The van der Waals surface area contributed by atoms with Gasteiger partial charge in [-0.25, -0.2) is 9.97 Å². The maximum absolute atomic E-state index is 6.05. The van der Waals surface area contributed by atoms with Crippen molar-refractivity contribution in [3.63, 3.8) is 0 Å². The third-order valence-corrected chi connectivity index (χ3v) is 3.02. The molecule has 2 aromatic rings. The van der Waals surface area contributed by atoms with Crippen LogP contribution in [0, 0.1) is 0 Å². The summed E-state index contributed by atoms with van der Waals surface area (Å²) >= 11 is 12.1. The monoisotopic (exact) mass is 267 g/mol. The highest BCUT2D eigenvalue weighted by molar-refractivity contribution is 6.34. The number of pyridine rings is 1. The van der Waals surface area contributed by atoms with Crippen LogP contribution < -0.4 is 0 Å². The molecule has 0 aromatic carbocycles. The molecule has 0 atom stereocenters. The molecule has 2 rings (SSSR count). The van der Waals surface area contributed by atoms with E-state index in [2.05, 4.69) is 15.0 Å². The van der Waals surface area contributed by atoms with E-state index in [1.165, 1.54) is 0 Å². The highest BCUT2D eigenvalue weighted by Crippen LogP contribution is 2.22. The van der Waals surface area contributed by atoms with Gasteiger partial charge in [-0.1, -0.05) is 36.2 Å². The molecule has 0 aliphatic carbocycles. The zero-order chi connectivity index (χ0) is 12.3. The van der Waals surface area contributed by atoms with Gasteiger partial charge in [0.05, 0.1) is 0 Å². The lowest BCUT2D eigenvalue weighted by Crippen LogP contribution is -2.01. The number of halogens is 2. The van der Waals surface area contributed by atoms with E-state index in [4.69, 9.17) is 23.2 Å². The van der Waals surface area contributed by atoms with Crippen molar-refractivity contribution in [2.75, 3.05) is 0 Å². The molecule has 0 aliphatic heterocycles. The van der Waals surface area contributed by atoms with Crippen LogP contribution in [0.5, 0.6) is 0 Å². The Hall–Kier alpha value is -1.19. The van der Waals surface area contributed by atoms with Crippen molar-refractivity contribution in [1.29, 1.82) is 0 Å². The molecule has 0 unspecified atom stereocenters. The van der Waals surface area contributed by atoms with Gasteiger partial charge >= 0.3 is 0 Å². The Morgan fingerprint density at radius 3 is 2.41 bits per heavy atom. The van der Waals surface area contributed by atoms with E-state index in [0.717, 1.165) is 17.5 Å². The highest BCUT2D eigenvalue weighted by Gasteiger charge is 2.10. The van der Waals surface area contributed by atoms with Crippen LogP contribution in [0.3, 0.4) is 0 Å². The molecule has 0 bridgehead atoms. The maximum atomic E-state index is 6.05. The topological polar surface area (TPSA) is 38.7 Å². The fraction of sp³-hybridized carbons (Fsp3) is 0.250. The Kier molecular flexibility index (Phi) is 3.92. The summed E-state index contributed by atoms with van der Waals surface area (Å²) < 4.78 is 0. The Labute approximate surface area is 110 Å². The van der Waals surface area contributed by atoms with Gasteiger partial charge < -0.3 is 0 Å². The highest BCUT2D eigenvalue weighted by atomic mass is 35.5. The largest absolute Gasteiger partial charge is 0.264 e. The van der Waals surface area contributed by atoms with Crippen LogP contribution >= 0.6 is 23.2 Å². The van der Waals surface area contributed by atoms with E-state index < -0.39 is 0 Å². The summed E-state index contributed by atoms with van der Waals surface area (Å²) in [6, 6.07) is 3.84. The van der Waals surface area contributed by atoms with E-state index in [1.54, 1.807) is 12.4 Å². The number of nitrogens with zero attached hydrogens (tertiary/aromatic N) is 3. The first kappa shape index (κ1) is 12.3. The molecule has 0 radical (unpaired) electrons. The molecule has 88 valence electrons. The van der Waals surface area contributed by atoms with E-state index in [-0.39, 0.29) is 0 Å². The van der Waals surface area contributed by atoms with Gasteiger partial charge in [0.1, 0.15) is 16.1 Å². The Morgan fingerprint density at radius 1 is 1.18 bits per heavy atom. The lowest BCUT2D eigenvalue weighted by atomic mass is 10.2. The third-order valence-electron chi connectivity index (χ3n) is 2.39. The molecule has 0 aliphatic rings. The molecule has 0 fully saturated rings. The Morgan fingerprint density at radius 2 is 1.88 bits per heavy atom. The molecule has 2 heterocycles. The first-order chi connectivity index (χ1) is 8.20. The molecule has 0 N–H and O–H groups in total. The Balaban J connectivity index is 2.29. The van der Waals surface area contributed by atoms with Crippen LogP contribution in [0.4, 0.5) is 0 Å². The number of hydrogen-bond donors (Lipinski definition) is 0. The smallest absolute Gasteiger partial charge is 0.137 e. The van der Waals surface area contributed by atoms with Crippen molar-refractivity contribution in [2.24, 2.45) is 0 Å². The standard InChI is InChI=1S/C12H11Cl2N3/c1-2-9-11(13)16-10(17-12(9)14)6-8-4-3-5-15-7-8/h3-5,7H,2,6H2,1H3. The van der Waals surface area contributed by atoms with Gasteiger partial charge in [0.15, 0.2) is 0 Å². The molecule has 0 amide bonds. The van der Waals surface area contributed by atoms with Crippen LogP contribution in [0.25, 0.3) is 0 Å². The summed E-state index contributed by atoms with van der Waals surface area (Å²) in [6.45, 7) is 1.97. The van der Waals surface area contributed by atoms with Gasteiger partial charge in [-0.15, -0.1) is 0 Å². The van der Waals surface area contributed by atoms with Crippen molar-refractivity contribution in [2.45, 2.75) is 19.8 Å². The fourth-order valence-electron chi connectivity index (χ4n) is 1.53. The SMILES string of the molecule is CCc1c(Cl)nc(Cc2cccnc2)nc1Cl. The van der Waals surface area contributed by atoms with E-state index >= 15 is 0 Å². The van der Waals surface area contributed by atoms with Crippen molar-refractivity contribution in [1.82, 2.24) is 15.0 Å². The second kappa shape index (κ2) is 5.43. The fourth-order valence-corrected chi connectivity index (χ4v) is 2.22. The van der Waals surface area contributed by atoms with Crippen LogP contribution in [-0.4, -0.2) is 15.0 Å². The van der Waals surface area contributed by atoms with Gasteiger partial charge in [0, 0.05) is 24.4 Å². The normalized spacial score (nSPS) is 10.5. The zero-order valence-corrected chi connectivity index (χ0v) is 10.8. The zero-order valence-electron chi connectivity index (χ0n) is 9.32. The van der Waals surface area contributed by atoms with Gasteiger partial charge in [-0.2, -0.15) is 0 Å².